The third kappa shape index (κ3) is 2.81. The van der Waals surface area contributed by atoms with Crippen molar-refractivity contribution in [3.05, 3.63) is 35.1 Å². The maximum Gasteiger partial charge on any atom is 0.313 e. The Hall–Kier alpha value is -1.38. The van der Waals surface area contributed by atoms with Gasteiger partial charge in [-0.2, -0.15) is 0 Å². The van der Waals surface area contributed by atoms with Crippen LogP contribution in [-0.4, -0.2) is 12.6 Å². The fourth-order valence-electron chi connectivity index (χ4n) is 1.74. The van der Waals surface area contributed by atoms with Gasteiger partial charge in [0.1, 0.15) is 5.82 Å². The molecule has 0 bridgehead atoms. The van der Waals surface area contributed by atoms with E-state index in [1.807, 2.05) is 13.8 Å². The minimum atomic E-state index is -0.365. The number of carbonyl (C=O) groups is 1. The van der Waals surface area contributed by atoms with Crippen LogP contribution in [0, 0.1) is 12.7 Å². The minimum absolute atomic E-state index is 0.279. The first kappa shape index (κ1) is 12.7. The summed E-state index contributed by atoms with van der Waals surface area (Å²) in [6.07, 6.45) is 0.614. The van der Waals surface area contributed by atoms with Crippen LogP contribution in [0.15, 0.2) is 18.2 Å². The molecule has 1 aromatic rings. The second-order valence-corrected chi connectivity index (χ2v) is 3.71. The molecule has 0 amide bonds. The van der Waals surface area contributed by atoms with Crippen molar-refractivity contribution in [2.75, 3.05) is 6.61 Å². The number of halogens is 1. The lowest BCUT2D eigenvalue weighted by molar-refractivity contribution is -0.145. The zero-order valence-electron chi connectivity index (χ0n) is 9.92. The van der Waals surface area contributed by atoms with E-state index in [4.69, 9.17) is 4.74 Å². The summed E-state index contributed by atoms with van der Waals surface area (Å²) in [7, 11) is 0. The van der Waals surface area contributed by atoms with Gasteiger partial charge in [-0.3, -0.25) is 4.79 Å². The summed E-state index contributed by atoms with van der Waals surface area (Å²) in [5.41, 5.74) is 1.64. The Balaban J connectivity index is 3.03. The van der Waals surface area contributed by atoms with Crippen LogP contribution >= 0.6 is 0 Å². The Labute approximate surface area is 95.4 Å². The van der Waals surface area contributed by atoms with Gasteiger partial charge in [-0.1, -0.05) is 13.0 Å². The van der Waals surface area contributed by atoms with Crippen LogP contribution in [0.4, 0.5) is 4.39 Å². The van der Waals surface area contributed by atoms with Gasteiger partial charge in [0, 0.05) is 0 Å². The third-order valence-corrected chi connectivity index (χ3v) is 2.60. The fraction of sp³-hybridized carbons (Fsp3) is 0.462. The summed E-state index contributed by atoms with van der Waals surface area (Å²) >= 11 is 0. The molecule has 0 aliphatic carbocycles. The first-order chi connectivity index (χ1) is 7.60. The molecule has 1 rings (SSSR count). The highest BCUT2D eigenvalue weighted by Crippen LogP contribution is 2.25. The normalized spacial score (nSPS) is 12.2. The standard InChI is InChI=1S/C13H17FO2/c1-4-11(13(15)16-5-2)12-8-10(14)7-6-9(12)3/h6-8,11H,4-5H2,1-3H3. The van der Waals surface area contributed by atoms with Crippen molar-refractivity contribution in [2.45, 2.75) is 33.1 Å². The van der Waals surface area contributed by atoms with Crippen molar-refractivity contribution in [1.29, 1.82) is 0 Å². The Morgan fingerprint density at radius 3 is 2.69 bits per heavy atom. The molecule has 16 heavy (non-hydrogen) atoms. The second kappa shape index (κ2) is 5.64. The van der Waals surface area contributed by atoms with Crippen LogP contribution in [-0.2, 0) is 9.53 Å². The lowest BCUT2D eigenvalue weighted by Gasteiger charge is -2.16. The topological polar surface area (TPSA) is 26.3 Å². The van der Waals surface area contributed by atoms with E-state index in [1.54, 1.807) is 13.0 Å². The van der Waals surface area contributed by atoms with Crippen molar-refractivity contribution in [3.63, 3.8) is 0 Å². The van der Waals surface area contributed by atoms with E-state index < -0.39 is 0 Å². The van der Waals surface area contributed by atoms with Crippen LogP contribution in [0.1, 0.15) is 37.3 Å². The second-order valence-electron chi connectivity index (χ2n) is 3.71. The Kier molecular flexibility index (Phi) is 4.47. The third-order valence-electron chi connectivity index (χ3n) is 2.60. The Morgan fingerprint density at radius 2 is 2.12 bits per heavy atom. The monoisotopic (exact) mass is 224 g/mol. The molecular formula is C13H17FO2. The van der Waals surface area contributed by atoms with Crippen molar-refractivity contribution in [1.82, 2.24) is 0 Å². The van der Waals surface area contributed by atoms with Gasteiger partial charge in [0.2, 0.25) is 0 Å². The summed E-state index contributed by atoms with van der Waals surface area (Å²) < 4.78 is 18.1. The molecule has 0 fully saturated rings. The van der Waals surface area contributed by atoms with Gasteiger partial charge in [-0.15, -0.1) is 0 Å². The highest BCUT2D eigenvalue weighted by atomic mass is 19.1. The number of ether oxygens (including phenoxy) is 1. The molecule has 0 aliphatic rings. The van der Waals surface area contributed by atoms with Gasteiger partial charge in [0.25, 0.3) is 0 Å². The molecule has 1 aromatic carbocycles. The minimum Gasteiger partial charge on any atom is -0.466 e. The molecule has 1 unspecified atom stereocenters. The molecule has 1 atom stereocenters. The van der Waals surface area contributed by atoms with E-state index in [0.29, 0.717) is 13.0 Å². The predicted molar refractivity (Wildman–Crippen MR) is 60.8 cm³/mol. The highest BCUT2D eigenvalue weighted by molar-refractivity contribution is 5.78. The van der Waals surface area contributed by atoms with Gasteiger partial charge < -0.3 is 4.74 Å². The van der Waals surface area contributed by atoms with Gasteiger partial charge in [-0.05, 0) is 43.5 Å². The van der Waals surface area contributed by atoms with Gasteiger partial charge in [0.15, 0.2) is 0 Å². The van der Waals surface area contributed by atoms with E-state index in [0.717, 1.165) is 11.1 Å². The quantitative estimate of drug-likeness (QED) is 0.734. The molecule has 0 heterocycles. The number of esters is 1. The van der Waals surface area contributed by atoms with E-state index in [-0.39, 0.29) is 17.7 Å². The molecule has 2 nitrogen and oxygen atoms in total. The van der Waals surface area contributed by atoms with E-state index in [1.165, 1.54) is 12.1 Å². The molecule has 0 saturated heterocycles. The zero-order chi connectivity index (χ0) is 12.1. The number of benzene rings is 1. The van der Waals surface area contributed by atoms with Gasteiger partial charge in [-0.25, -0.2) is 4.39 Å². The summed E-state index contributed by atoms with van der Waals surface area (Å²) in [6.45, 7) is 5.88. The van der Waals surface area contributed by atoms with Crippen LogP contribution in [0.3, 0.4) is 0 Å². The van der Waals surface area contributed by atoms with Crippen molar-refractivity contribution < 1.29 is 13.9 Å². The lowest BCUT2D eigenvalue weighted by Crippen LogP contribution is -2.16. The van der Waals surface area contributed by atoms with Crippen LogP contribution < -0.4 is 0 Å². The first-order valence-corrected chi connectivity index (χ1v) is 5.52. The maximum atomic E-state index is 13.1. The van der Waals surface area contributed by atoms with Crippen LogP contribution in [0.25, 0.3) is 0 Å². The first-order valence-electron chi connectivity index (χ1n) is 5.52. The van der Waals surface area contributed by atoms with Crippen molar-refractivity contribution in [3.8, 4) is 0 Å². The Bertz CT molecular complexity index is 374. The smallest absolute Gasteiger partial charge is 0.313 e. The Morgan fingerprint density at radius 1 is 1.44 bits per heavy atom. The molecule has 0 aromatic heterocycles. The van der Waals surface area contributed by atoms with Crippen LogP contribution in [0.5, 0.6) is 0 Å². The maximum absolute atomic E-state index is 13.1. The molecule has 0 saturated carbocycles. The average Bonchev–Trinajstić information content (AvgIpc) is 2.24. The number of carbonyl (C=O) groups excluding carboxylic acids is 1. The summed E-state index contributed by atoms with van der Waals surface area (Å²) in [6, 6.07) is 4.50. The molecule has 0 N–H and O–H groups in total. The largest absolute Gasteiger partial charge is 0.466 e. The van der Waals surface area contributed by atoms with Crippen LogP contribution in [0.2, 0.25) is 0 Å². The van der Waals surface area contributed by atoms with E-state index >= 15 is 0 Å². The van der Waals surface area contributed by atoms with Crippen molar-refractivity contribution in [2.24, 2.45) is 0 Å². The SMILES string of the molecule is CCOC(=O)C(CC)c1cc(F)ccc1C. The number of rotatable bonds is 4. The van der Waals surface area contributed by atoms with E-state index in [2.05, 4.69) is 0 Å². The highest BCUT2D eigenvalue weighted by Gasteiger charge is 2.21. The van der Waals surface area contributed by atoms with Gasteiger partial charge >= 0.3 is 5.97 Å². The molecule has 0 aliphatic heterocycles. The number of aryl methyl sites for hydroxylation is 1. The molecule has 0 spiro atoms. The molecule has 3 heteroatoms. The zero-order valence-corrected chi connectivity index (χ0v) is 9.92. The summed E-state index contributed by atoms with van der Waals surface area (Å²) in [5.74, 6) is -0.960. The lowest BCUT2D eigenvalue weighted by atomic mass is 9.92. The van der Waals surface area contributed by atoms with E-state index in [9.17, 15) is 9.18 Å². The fourth-order valence-corrected chi connectivity index (χ4v) is 1.74. The van der Waals surface area contributed by atoms with Gasteiger partial charge in [0.05, 0.1) is 12.5 Å². The number of hydrogen-bond acceptors (Lipinski definition) is 2. The average molecular weight is 224 g/mol. The molecular weight excluding hydrogens is 207 g/mol. The number of hydrogen-bond donors (Lipinski definition) is 0. The molecule has 88 valence electrons. The molecule has 0 radical (unpaired) electrons. The summed E-state index contributed by atoms with van der Waals surface area (Å²) in [4.78, 5) is 11.7. The predicted octanol–water partition coefficient (Wildman–Crippen LogP) is 3.19. The van der Waals surface area contributed by atoms with Crippen molar-refractivity contribution >= 4 is 5.97 Å². The summed E-state index contributed by atoms with van der Waals surface area (Å²) in [5, 5.41) is 0.